The Kier molecular flexibility index (Phi) is 8.37. The van der Waals surface area contributed by atoms with Gasteiger partial charge in [-0.05, 0) is 59.7 Å². The number of esters is 1. The molecular formula is C19H39NO5Si. The Morgan fingerprint density at radius 2 is 1.35 bits per heavy atom. The summed E-state index contributed by atoms with van der Waals surface area (Å²) in [5, 5.41) is 2.70. The van der Waals surface area contributed by atoms with Crippen molar-refractivity contribution in [2.45, 2.75) is 104 Å². The molecule has 0 rings (SSSR count). The first-order valence-corrected chi connectivity index (χ1v) is 12.1. The van der Waals surface area contributed by atoms with Crippen molar-refractivity contribution >= 4 is 20.4 Å². The van der Waals surface area contributed by atoms with Gasteiger partial charge in [0, 0.05) is 13.0 Å². The molecule has 0 aromatic rings. The summed E-state index contributed by atoms with van der Waals surface area (Å²) in [7, 11) is -1.93. The second-order valence-electron chi connectivity index (χ2n) is 10.1. The van der Waals surface area contributed by atoms with E-state index in [0.29, 0.717) is 13.0 Å². The third-order valence-electron chi connectivity index (χ3n) is 4.06. The van der Waals surface area contributed by atoms with E-state index in [1.54, 1.807) is 41.5 Å². The van der Waals surface area contributed by atoms with E-state index in [0.717, 1.165) is 0 Å². The minimum absolute atomic E-state index is 0.0764. The lowest BCUT2D eigenvalue weighted by Gasteiger charge is -2.36. The highest BCUT2D eigenvalue weighted by atomic mass is 28.4. The van der Waals surface area contributed by atoms with Crippen LogP contribution in [-0.2, 0) is 18.7 Å². The van der Waals surface area contributed by atoms with Crippen molar-refractivity contribution in [3.8, 4) is 0 Å². The first-order valence-electron chi connectivity index (χ1n) is 9.20. The van der Waals surface area contributed by atoms with Crippen molar-refractivity contribution in [3.05, 3.63) is 0 Å². The SMILES string of the molecule is CC(C)(C)OC(=O)N[C@@H](CCO[Si](C)(C)C(C)(C)C)C(=O)OC(C)(C)C. The van der Waals surface area contributed by atoms with Crippen LogP contribution >= 0.6 is 0 Å². The molecule has 7 heteroatoms. The average molecular weight is 390 g/mol. The Hall–Kier alpha value is -1.08. The van der Waals surface area contributed by atoms with E-state index in [9.17, 15) is 9.59 Å². The molecule has 0 saturated carbocycles. The number of hydrogen-bond acceptors (Lipinski definition) is 5. The summed E-state index contributed by atoms with van der Waals surface area (Å²) in [5.41, 5.74) is -1.27. The predicted molar refractivity (Wildman–Crippen MR) is 107 cm³/mol. The summed E-state index contributed by atoms with van der Waals surface area (Å²) in [5.74, 6) is -0.484. The Balaban J connectivity index is 4.99. The van der Waals surface area contributed by atoms with E-state index < -0.39 is 37.6 Å². The molecular weight excluding hydrogens is 350 g/mol. The lowest BCUT2D eigenvalue weighted by molar-refractivity contribution is -0.157. The molecule has 0 heterocycles. The summed E-state index contributed by atoms with van der Waals surface area (Å²) < 4.78 is 16.8. The van der Waals surface area contributed by atoms with E-state index in [4.69, 9.17) is 13.9 Å². The Morgan fingerprint density at radius 1 is 0.885 bits per heavy atom. The monoisotopic (exact) mass is 389 g/mol. The molecule has 0 saturated heterocycles. The minimum atomic E-state index is -1.93. The Morgan fingerprint density at radius 3 is 1.73 bits per heavy atom. The van der Waals surface area contributed by atoms with Gasteiger partial charge in [-0.2, -0.15) is 0 Å². The molecule has 1 N–H and O–H groups in total. The van der Waals surface area contributed by atoms with Crippen molar-refractivity contribution in [2.75, 3.05) is 6.61 Å². The van der Waals surface area contributed by atoms with Crippen molar-refractivity contribution in [1.29, 1.82) is 0 Å². The summed E-state index contributed by atoms with van der Waals surface area (Å²) in [6, 6.07) is -0.811. The molecule has 1 amide bonds. The zero-order valence-electron chi connectivity index (χ0n) is 18.5. The van der Waals surface area contributed by atoms with Gasteiger partial charge >= 0.3 is 12.1 Å². The maximum absolute atomic E-state index is 12.5. The van der Waals surface area contributed by atoms with Gasteiger partial charge in [0.05, 0.1) is 0 Å². The largest absolute Gasteiger partial charge is 0.458 e. The lowest BCUT2D eigenvalue weighted by Crippen LogP contribution is -2.47. The molecule has 26 heavy (non-hydrogen) atoms. The first kappa shape index (κ1) is 24.9. The molecule has 0 unspecified atom stereocenters. The van der Waals surface area contributed by atoms with Crippen LogP contribution in [0.4, 0.5) is 4.79 Å². The van der Waals surface area contributed by atoms with E-state index >= 15 is 0 Å². The van der Waals surface area contributed by atoms with Gasteiger partial charge in [0.25, 0.3) is 0 Å². The standard InChI is InChI=1S/C19H39NO5Si/c1-17(2,3)24-15(21)14(20-16(22)25-18(4,5)6)12-13-23-26(10,11)19(7,8)9/h14H,12-13H2,1-11H3,(H,20,22)/t14-/m0/s1. The second-order valence-corrected chi connectivity index (χ2v) is 14.9. The second kappa shape index (κ2) is 8.74. The number of amides is 1. The molecule has 0 radical (unpaired) electrons. The van der Waals surface area contributed by atoms with E-state index in [-0.39, 0.29) is 5.04 Å². The highest BCUT2D eigenvalue weighted by molar-refractivity contribution is 6.74. The molecule has 1 atom stereocenters. The molecule has 0 aromatic heterocycles. The van der Waals surface area contributed by atoms with Crippen LogP contribution in [0.1, 0.15) is 68.7 Å². The Labute approximate surface area is 160 Å². The van der Waals surface area contributed by atoms with Crippen molar-refractivity contribution in [2.24, 2.45) is 0 Å². The van der Waals surface area contributed by atoms with Gasteiger partial charge in [-0.3, -0.25) is 0 Å². The number of alkyl carbamates (subject to hydrolysis) is 1. The van der Waals surface area contributed by atoms with Gasteiger partial charge in [0.2, 0.25) is 0 Å². The smallest absolute Gasteiger partial charge is 0.408 e. The van der Waals surface area contributed by atoms with Crippen LogP contribution in [0.5, 0.6) is 0 Å². The first-order chi connectivity index (χ1) is 11.3. The molecule has 6 nitrogen and oxygen atoms in total. The minimum Gasteiger partial charge on any atom is -0.458 e. The quantitative estimate of drug-likeness (QED) is 0.529. The summed E-state index contributed by atoms with van der Waals surface area (Å²) in [6.07, 6.45) is -0.304. The van der Waals surface area contributed by atoms with Crippen LogP contribution in [0.15, 0.2) is 0 Å². The number of rotatable bonds is 6. The van der Waals surface area contributed by atoms with Crippen LogP contribution in [0.2, 0.25) is 18.1 Å². The molecule has 0 aromatic carbocycles. The van der Waals surface area contributed by atoms with Crippen molar-refractivity contribution in [1.82, 2.24) is 5.32 Å². The van der Waals surface area contributed by atoms with Gasteiger partial charge in [-0.25, -0.2) is 9.59 Å². The Bertz CT molecular complexity index is 484. The summed E-state index contributed by atoms with van der Waals surface area (Å²) in [6.45, 7) is 21.8. The van der Waals surface area contributed by atoms with Crippen LogP contribution in [-0.4, -0.2) is 44.2 Å². The van der Waals surface area contributed by atoms with Crippen molar-refractivity contribution in [3.63, 3.8) is 0 Å². The van der Waals surface area contributed by atoms with Crippen LogP contribution in [0, 0.1) is 0 Å². The molecule has 0 bridgehead atoms. The molecule has 154 valence electrons. The maximum atomic E-state index is 12.5. The molecule has 0 aliphatic rings. The summed E-state index contributed by atoms with van der Waals surface area (Å²) in [4.78, 5) is 24.6. The zero-order valence-corrected chi connectivity index (χ0v) is 19.5. The number of carbonyl (C=O) groups is 2. The topological polar surface area (TPSA) is 73.9 Å². The highest BCUT2D eigenvalue weighted by Gasteiger charge is 2.37. The fraction of sp³-hybridized carbons (Fsp3) is 0.895. The normalized spacial score (nSPS) is 14.6. The number of nitrogens with one attached hydrogen (secondary N) is 1. The zero-order chi connectivity index (χ0) is 21.0. The lowest BCUT2D eigenvalue weighted by atomic mass is 10.1. The number of carbonyl (C=O) groups excluding carboxylic acids is 2. The highest BCUT2D eigenvalue weighted by Crippen LogP contribution is 2.36. The maximum Gasteiger partial charge on any atom is 0.408 e. The van der Waals surface area contributed by atoms with Gasteiger partial charge < -0.3 is 19.2 Å². The molecule has 0 fully saturated rings. The van der Waals surface area contributed by atoms with Crippen molar-refractivity contribution < 1.29 is 23.5 Å². The number of ether oxygens (including phenoxy) is 2. The fourth-order valence-electron chi connectivity index (χ4n) is 1.72. The van der Waals surface area contributed by atoms with E-state index in [1.165, 1.54) is 0 Å². The average Bonchev–Trinajstić information content (AvgIpc) is 2.31. The third kappa shape index (κ3) is 10.2. The third-order valence-corrected chi connectivity index (χ3v) is 8.60. The van der Waals surface area contributed by atoms with Crippen LogP contribution in [0.3, 0.4) is 0 Å². The van der Waals surface area contributed by atoms with E-state index in [2.05, 4.69) is 39.2 Å². The van der Waals surface area contributed by atoms with Gasteiger partial charge in [-0.1, -0.05) is 20.8 Å². The molecule has 0 aliphatic carbocycles. The van der Waals surface area contributed by atoms with Crippen LogP contribution < -0.4 is 5.32 Å². The molecule has 0 spiro atoms. The predicted octanol–water partition coefficient (Wildman–Crippen LogP) is 4.63. The van der Waals surface area contributed by atoms with E-state index in [1.807, 2.05) is 0 Å². The van der Waals surface area contributed by atoms with Crippen LogP contribution in [0.25, 0.3) is 0 Å². The van der Waals surface area contributed by atoms with Gasteiger partial charge in [0.15, 0.2) is 8.32 Å². The number of hydrogen-bond donors (Lipinski definition) is 1. The summed E-state index contributed by atoms with van der Waals surface area (Å²) >= 11 is 0. The van der Waals surface area contributed by atoms with Gasteiger partial charge in [-0.15, -0.1) is 0 Å². The van der Waals surface area contributed by atoms with Gasteiger partial charge in [0.1, 0.15) is 17.2 Å². The fourth-order valence-corrected chi connectivity index (χ4v) is 2.78. The molecule has 0 aliphatic heterocycles.